The molecule has 0 aromatic heterocycles. The van der Waals surface area contributed by atoms with Crippen molar-refractivity contribution in [1.82, 2.24) is 10.2 Å². The van der Waals surface area contributed by atoms with E-state index in [2.05, 4.69) is 19.2 Å². The molecule has 2 aromatic rings. The minimum Gasteiger partial charge on any atom is -0.507 e. The second-order valence-electron chi connectivity index (χ2n) is 8.84. The summed E-state index contributed by atoms with van der Waals surface area (Å²) in [6.45, 7) is 4.69. The first-order chi connectivity index (χ1) is 14.8. The summed E-state index contributed by atoms with van der Waals surface area (Å²) in [5.74, 6) is 0.445. The number of carbonyl (C=O) groups excluding carboxylic acids is 1. The van der Waals surface area contributed by atoms with Crippen molar-refractivity contribution in [2.45, 2.75) is 58.4 Å². The summed E-state index contributed by atoms with van der Waals surface area (Å²) in [5, 5.41) is 24.6. The maximum Gasteiger partial charge on any atom is 0.234 e. The van der Waals surface area contributed by atoms with Crippen LogP contribution in [0, 0.1) is 5.92 Å². The number of phenolic OH excluding ortho intramolecular Hbond substituents is 2. The molecule has 0 bridgehead atoms. The second-order valence-corrected chi connectivity index (χ2v) is 8.84. The Morgan fingerprint density at radius 2 is 1.68 bits per heavy atom. The van der Waals surface area contributed by atoms with Crippen LogP contribution in [0.15, 0.2) is 42.5 Å². The van der Waals surface area contributed by atoms with E-state index in [0.29, 0.717) is 11.5 Å². The molecular formula is C26H38N2O3. The number of unbranched alkanes of at least 4 members (excludes halogenated alkanes) is 2. The lowest BCUT2D eigenvalue weighted by Crippen LogP contribution is -2.36. The number of amides is 1. The molecule has 3 N–H and O–H groups in total. The standard InChI is InChI=1S/C26H38N2O3/c1-5-6-8-11-19(2)14-15-20-16-22(29)25(23(30)17-20)26(21-12-9-7-10-13-21)27-24(31)18-28(3)4/h7,9-10,12-13,16-17,19,26,29-30H,5-6,8,11,14-15,18H2,1-4H3,(H,27,31). The van der Waals surface area contributed by atoms with Crippen molar-refractivity contribution in [3.05, 3.63) is 59.2 Å². The average molecular weight is 427 g/mol. The van der Waals surface area contributed by atoms with Crippen LogP contribution in [0.25, 0.3) is 0 Å². The molecular weight excluding hydrogens is 388 g/mol. The number of aromatic hydroxyl groups is 2. The highest BCUT2D eigenvalue weighted by Gasteiger charge is 2.24. The number of aryl methyl sites for hydroxylation is 1. The quantitative estimate of drug-likeness (QED) is 0.417. The molecule has 5 heteroatoms. The van der Waals surface area contributed by atoms with Gasteiger partial charge in [0.15, 0.2) is 0 Å². The van der Waals surface area contributed by atoms with Gasteiger partial charge in [0.05, 0.1) is 18.2 Å². The van der Waals surface area contributed by atoms with Gasteiger partial charge < -0.3 is 20.4 Å². The lowest BCUT2D eigenvalue weighted by Gasteiger charge is -2.23. The highest BCUT2D eigenvalue weighted by Crippen LogP contribution is 2.38. The number of likely N-dealkylation sites (N-methyl/N-ethyl adjacent to an activating group) is 1. The van der Waals surface area contributed by atoms with Gasteiger partial charge in [0, 0.05) is 0 Å². The Morgan fingerprint density at radius 3 is 2.26 bits per heavy atom. The van der Waals surface area contributed by atoms with E-state index in [1.807, 2.05) is 44.4 Å². The van der Waals surface area contributed by atoms with Crippen LogP contribution in [0.2, 0.25) is 0 Å². The summed E-state index contributed by atoms with van der Waals surface area (Å²) in [7, 11) is 3.65. The average Bonchev–Trinajstić information content (AvgIpc) is 2.71. The maximum absolute atomic E-state index is 12.5. The number of phenols is 2. The summed E-state index contributed by atoms with van der Waals surface area (Å²) >= 11 is 0. The van der Waals surface area contributed by atoms with Crippen LogP contribution < -0.4 is 5.32 Å². The molecule has 0 aliphatic rings. The van der Waals surface area contributed by atoms with E-state index in [9.17, 15) is 15.0 Å². The van der Waals surface area contributed by atoms with Gasteiger partial charge in [-0.15, -0.1) is 0 Å². The molecule has 0 aliphatic heterocycles. The molecule has 0 aliphatic carbocycles. The van der Waals surface area contributed by atoms with E-state index >= 15 is 0 Å². The summed E-state index contributed by atoms with van der Waals surface area (Å²) in [4.78, 5) is 14.2. The van der Waals surface area contributed by atoms with E-state index in [4.69, 9.17) is 0 Å². The van der Waals surface area contributed by atoms with Crippen molar-refractivity contribution in [3.8, 4) is 11.5 Å². The van der Waals surface area contributed by atoms with Crippen molar-refractivity contribution in [3.63, 3.8) is 0 Å². The Bertz CT molecular complexity index is 798. The fourth-order valence-electron chi connectivity index (χ4n) is 3.88. The zero-order valence-electron chi connectivity index (χ0n) is 19.4. The minimum absolute atomic E-state index is 0.00708. The van der Waals surface area contributed by atoms with Crippen molar-refractivity contribution < 1.29 is 15.0 Å². The molecule has 2 rings (SSSR count). The third kappa shape index (κ3) is 7.91. The Balaban J connectivity index is 2.21. The monoisotopic (exact) mass is 426 g/mol. The SMILES string of the molecule is CCCCCC(C)CCc1cc(O)c(C(NC(=O)CN(C)C)c2ccccc2)c(O)c1. The summed E-state index contributed by atoms with van der Waals surface area (Å²) in [6, 6.07) is 12.2. The Kier molecular flexibility index (Phi) is 9.86. The van der Waals surface area contributed by atoms with Crippen LogP contribution in [0.3, 0.4) is 0 Å². The molecule has 0 heterocycles. The van der Waals surface area contributed by atoms with Gasteiger partial charge in [-0.1, -0.05) is 69.9 Å². The number of nitrogens with zero attached hydrogens (tertiary/aromatic N) is 1. The topological polar surface area (TPSA) is 72.8 Å². The first-order valence-electron chi connectivity index (χ1n) is 11.4. The lowest BCUT2D eigenvalue weighted by atomic mass is 9.92. The normalized spacial score (nSPS) is 13.2. The number of hydrogen-bond acceptors (Lipinski definition) is 4. The van der Waals surface area contributed by atoms with Crippen LogP contribution >= 0.6 is 0 Å². The van der Waals surface area contributed by atoms with E-state index in [0.717, 1.165) is 24.0 Å². The molecule has 5 nitrogen and oxygen atoms in total. The molecule has 2 unspecified atom stereocenters. The first-order valence-corrected chi connectivity index (χ1v) is 11.4. The second kappa shape index (κ2) is 12.4. The van der Waals surface area contributed by atoms with Crippen LogP contribution in [0.1, 0.15) is 68.7 Å². The van der Waals surface area contributed by atoms with Crippen molar-refractivity contribution in [2.24, 2.45) is 5.92 Å². The zero-order chi connectivity index (χ0) is 22.8. The fourth-order valence-corrected chi connectivity index (χ4v) is 3.88. The number of benzene rings is 2. The number of carbonyl (C=O) groups is 1. The van der Waals surface area contributed by atoms with Crippen molar-refractivity contribution in [1.29, 1.82) is 0 Å². The van der Waals surface area contributed by atoms with Gasteiger partial charge >= 0.3 is 0 Å². The Labute approximate surface area is 187 Å². The van der Waals surface area contributed by atoms with Crippen LogP contribution in [0.4, 0.5) is 0 Å². The molecule has 0 radical (unpaired) electrons. The van der Waals surface area contributed by atoms with Gasteiger partial charge in [-0.25, -0.2) is 0 Å². The van der Waals surface area contributed by atoms with Crippen LogP contribution in [0.5, 0.6) is 11.5 Å². The van der Waals surface area contributed by atoms with E-state index in [1.54, 1.807) is 17.0 Å². The Hall–Kier alpha value is -2.53. The van der Waals surface area contributed by atoms with E-state index < -0.39 is 6.04 Å². The number of rotatable bonds is 12. The zero-order valence-corrected chi connectivity index (χ0v) is 19.4. The van der Waals surface area contributed by atoms with Gasteiger partial charge in [0.2, 0.25) is 5.91 Å². The van der Waals surface area contributed by atoms with Gasteiger partial charge in [0.25, 0.3) is 0 Å². The predicted octanol–water partition coefficient (Wildman–Crippen LogP) is 5.01. The van der Waals surface area contributed by atoms with Gasteiger partial charge in [-0.2, -0.15) is 0 Å². The maximum atomic E-state index is 12.5. The number of hydrogen-bond donors (Lipinski definition) is 3. The molecule has 31 heavy (non-hydrogen) atoms. The molecule has 0 saturated carbocycles. The summed E-state index contributed by atoms with van der Waals surface area (Å²) in [6.07, 6.45) is 6.77. The van der Waals surface area contributed by atoms with E-state index in [-0.39, 0.29) is 24.0 Å². The smallest absolute Gasteiger partial charge is 0.234 e. The summed E-state index contributed by atoms with van der Waals surface area (Å²) in [5.41, 5.74) is 2.04. The van der Waals surface area contributed by atoms with Gasteiger partial charge in [-0.05, 0) is 56.1 Å². The molecule has 0 spiro atoms. The molecule has 1 amide bonds. The summed E-state index contributed by atoms with van der Waals surface area (Å²) < 4.78 is 0. The largest absolute Gasteiger partial charge is 0.507 e. The van der Waals surface area contributed by atoms with Gasteiger partial charge in [0.1, 0.15) is 11.5 Å². The molecule has 2 atom stereocenters. The minimum atomic E-state index is -0.629. The highest BCUT2D eigenvalue weighted by molar-refractivity contribution is 5.79. The molecule has 170 valence electrons. The fraction of sp³-hybridized carbons (Fsp3) is 0.500. The van der Waals surface area contributed by atoms with Crippen molar-refractivity contribution >= 4 is 5.91 Å². The van der Waals surface area contributed by atoms with E-state index in [1.165, 1.54) is 25.7 Å². The van der Waals surface area contributed by atoms with Gasteiger partial charge in [-0.3, -0.25) is 4.79 Å². The van der Waals surface area contributed by atoms with Crippen LogP contribution in [-0.4, -0.2) is 41.7 Å². The molecule has 2 aromatic carbocycles. The molecule has 0 saturated heterocycles. The Morgan fingerprint density at radius 1 is 1.03 bits per heavy atom. The van der Waals surface area contributed by atoms with Crippen LogP contribution in [-0.2, 0) is 11.2 Å². The molecule has 0 fully saturated rings. The van der Waals surface area contributed by atoms with Crippen molar-refractivity contribution in [2.75, 3.05) is 20.6 Å². The lowest BCUT2D eigenvalue weighted by molar-refractivity contribution is -0.122. The highest BCUT2D eigenvalue weighted by atomic mass is 16.3. The third-order valence-electron chi connectivity index (χ3n) is 5.61. The third-order valence-corrected chi connectivity index (χ3v) is 5.61. The number of nitrogens with one attached hydrogen (secondary N) is 1. The predicted molar refractivity (Wildman–Crippen MR) is 126 cm³/mol. The first kappa shape index (κ1) is 24.7.